The molecule has 42 valence electrons. The molecule has 4 N–H and O–H groups in total. The van der Waals surface area contributed by atoms with Crippen LogP contribution >= 0.6 is 0 Å². The van der Waals surface area contributed by atoms with Crippen LogP contribution in [-0.4, -0.2) is 36.1 Å². The van der Waals surface area contributed by atoms with E-state index in [0.29, 0.717) is 13.1 Å². The molecule has 0 amide bonds. The summed E-state index contributed by atoms with van der Waals surface area (Å²) in [4.78, 5) is 0. The van der Waals surface area contributed by atoms with Crippen molar-refractivity contribution in [2.24, 2.45) is 11.5 Å². The zero-order valence-corrected chi connectivity index (χ0v) is 6.96. The van der Waals surface area contributed by atoms with E-state index in [-0.39, 0.29) is 47.9 Å². The Kier molecular flexibility index (Phi) is 91.6. The van der Waals surface area contributed by atoms with Crippen LogP contribution in [0.5, 0.6) is 0 Å². The molecule has 0 rings (SSSR count). The molecule has 0 bridgehead atoms. The molecule has 0 aliphatic heterocycles. The van der Waals surface area contributed by atoms with Crippen LogP contribution in [-0.2, 0) is 0 Å². The van der Waals surface area contributed by atoms with Crippen molar-refractivity contribution in [2.75, 3.05) is 13.1 Å². The summed E-state index contributed by atoms with van der Waals surface area (Å²) in [5, 5.41) is 0. The normalized spacial score (nSPS) is 4.29. The van der Waals surface area contributed by atoms with Crippen LogP contribution < -0.4 is 36.3 Å². The van der Waals surface area contributed by atoms with Crippen LogP contribution in [0.25, 0.3) is 0 Å². The van der Waals surface area contributed by atoms with Crippen LogP contribution in [0.4, 0.5) is 0 Å². The van der Waals surface area contributed by atoms with Gasteiger partial charge in [-0.15, -0.1) is 0 Å². The molecule has 2 nitrogen and oxygen atoms in total. The molecule has 0 unspecified atom stereocenters. The predicted molar refractivity (Wildman–Crippen MR) is 23.9 cm³/mol. The minimum atomic E-state index is 0. The standard InChI is InChI=1S/C2H8N2.2ClH.Mg/c3-1-2-4;;;/h1-4H2;2*1H;/q;;;+2/p-2. The topological polar surface area (TPSA) is 52.0 Å². The van der Waals surface area contributed by atoms with E-state index in [0.717, 1.165) is 0 Å². The Morgan fingerprint density at radius 1 is 0.857 bits per heavy atom. The van der Waals surface area contributed by atoms with Gasteiger partial charge in [0.1, 0.15) is 0 Å². The van der Waals surface area contributed by atoms with Gasteiger partial charge in [0.2, 0.25) is 0 Å². The molecule has 0 aromatic rings. The first-order valence-corrected chi connectivity index (χ1v) is 1.32. The van der Waals surface area contributed by atoms with Crippen molar-refractivity contribution < 1.29 is 24.8 Å². The summed E-state index contributed by atoms with van der Waals surface area (Å²) in [5.74, 6) is 0. The monoisotopic (exact) mass is 154 g/mol. The average Bonchev–Trinajstić information content (AvgIpc) is 1.37. The van der Waals surface area contributed by atoms with Gasteiger partial charge in [-0.05, 0) is 0 Å². The molecule has 0 aromatic carbocycles. The fourth-order valence-corrected chi connectivity index (χ4v) is 0. The second kappa shape index (κ2) is 26.7. The van der Waals surface area contributed by atoms with E-state index in [4.69, 9.17) is 11.5 Å². The number of halogens is 2. The Balaban J connectivity index is -0.0000000150. The van der Waals surface area contributed by atoms with Gasteiger partial charge in [0.25, 0.3) is 0 Å². The predicted octanol–water partition coefficient (Wildman–Crippen LogP) is -7.47. The molecule has 0 saturated carbocycles. The molecular formula is C2H8Cl2MgN2. The van der Waals surface area contributed by atoms with E-state index < -0.39 is 0 Å². The van der Waals surface area contributed by atoms with Gasteiger partial charge < -0.3 is 36.3 Å². The molecule has 0 saturated heterocycles. The smallest absolute Gasteiger partial charge is 1.00 e. The minimum absolute atomic E-state index is 0. The van der Waals surface area contributed by atoms with E-state index >= 15 is 0 Å². The Bertz CT molecular complexity index is 15.7. The largest absolute Gasteiger partial charge is 2.00 e. The van der Waals surface area contributed by atoms with Crippen molar-refractivity contribution >= 4 is 23.1 Å². The Morgan fingerprint density at radius 3 is 1.00 bits per heavy atom. The van der Waals surface area contributed by atoms with E-state index in [1.165, 1.54) is 0 Å². The van der Waals surface area contributed by atoms with Gasteiger partial charge >= 0.3 is 23.1 Å². The summed E-state index contributed by atoms with van der Waals surface area (Å²) in [6, 6.07) is 0. The third-order valence-electron chi connectivity index (χ3n) is 0.167. The second-order valence-corrected chi connectivity index (χ2v) is 0.577. The van der Waals surface area contributed by atoms with Crippen molar-refractivity contribution in [1.29, 1.82) is 0 Å². The Labute approximate surface area is 72.4 Å². The van der Waals surface area contributed by atoms with Gasteiger partial charge in [0, 0.05) is 13.1 Å². The van der Waals surface area contributed by atoms with E-state index in [1.807, 2.05) is 0 Å². The molecule has 0 heterocycles. The first-order valence-electron chi connectivity index (χ1n) is 1.32. The molecule has 0 radical (unpaired) electrons. The van der Waals surface area contributed by atoms with Crippen LogP contribution in [0.2, 0.25) is 0 Å². The summed E-state index contributed by atoms with van der Waals surface area (Å²) < 4.78 is 0. The molecule has 0 aliphatic rings. The molecule has 0 spiro atoms. The van der Waals surface area contributed by atoms with Crippen molar-refractivity contribution in [3.63, 3.8) is 0 Å². The number of rotatable bonds is 1. The number of hydrogen-bond acceptors (Lipinski definition) is 2. The zero-order valence-electron chi connectivity index (χ0n) is 4.03. The number of hydrogen-bond donors (Lipinski definition) is 2. The average molecular weight is 155 g/mol. The first kappa shape index (κ1) is 24.0. The van der Waals surface area contributed by atoms with Gasteiger partial charge in [-0.25, -0.2) is 0 Å². The molecule has 5 heteroatoms. The maximum Gasteiger partial charge on any atom is 2.00 e. The number of nitrogens with two attached hydrogens (primary N) is 2. The van der Waals surface area contributed by atoms with Crippen molar-refractivity contribution in [3.05, 3.63) is 0 Å². The molecule has 7 heavy (non-hydrogen) atoms. The van der Waals surface area contributed by atoms with Crippen molar-refractivity contribution in [2.45, 2.75) is 0 Å². The van der Waals surface area contributed by atoms with Gasteiger partial charge in [0.05, 0.1) is 0 Å². The summed E-state index contributed by atoms with van der Waals surface area (Å²) >= 11 is 0. The SMILES string of the molecule is NCCN.[Cl-].[Cl-].[Mg+2]. The fraction of sp³-hybridized carbons (Fsp3) is 1.00. The second-order valence-electron chi connectivity index (χ2n) is 0.577. The third kappa shape index (κ3) is 39.2. The van der Waals surface area contributed by atoms with E-state index in [1.54, 1.807) is 0 Å². The quantitative estimate of drug-likeness (QED) is 0.370. The van der Waals surface area contributed by atoms with Gasteiger partial charge in [-0.1, -0.05) is 0 Å². The zero-order chi connectivity index (χ0) is 3.41. The summed E-state index contributed by atoms with van der Waals surface area (Å²) in [6.07, 6.45) is 0. The van der Waals surface area contributed by atoms with Crippen LogP contribution in [0.15, 0.2) is 0 Å². The van der Waals surface area contributed by atoms with E-state index in [2.05, 4.69) is 0 Å². The summed E-state index contributed by atoms with van der Waals surface area (Å²) in [5.41, 5.74) is 9.81. The first-order chi connectivity index (χ1) is 1.91. The molecule has 0 fully saturated rings. The van der Waals surface area contributed by atoms with Crippen LogP contribution in [0, 0.1) is 0 Å². The van der Waals surface area contributed by atoms with E-state index in [9.17, 15) is 0 Å². The maximum atomic E-state index is 4.90. The fourth-order valence-electron chi connectivity index (χ4n) is 0. The maximum absolute atomic E-state index is 4.90. The minimum Gasteiger partial charge on any atom is -1.00 e. The van der Waals surface area contributed by atoms with Gasteiger partial charge in [-0.2, -0.15) is 0 Å². The molecule has 0 aliphatic carbocycles. The molecule has 0 atom stereocenters. The van der Waals surface area contributed by atoms with Gasteiger partial charge in [-0.3, -0.25) is 0 Å². The summed E-state index contributed by atoms with van der Waals surface area (Å²) in [7, 11) is 0. The molecule has 0 aromatic heterocycles. The Hall–Kier alpha value is 1.27. The summed E-state index contributed by atoms with van der Waals surface area (Å²) in [6.45, 7) is 1.19. The van der Waals surface area contributed by atoms with Crippen LogP contribution in [0.1, 0.15) is 0 Å². The van der Waals surface area contributed by atoms with Crippen molar-refractivity contribution in [3.8, 4) is 0 Å². The van der Waals surface area contributed by atoms with Gasteiger partial charge in [0.15, 0.2) is 0 Å². The van der Waals surface area contributed by atoms with Crippen molar-refractivity contribution in [1.82, 2.24) is 0 Å². The van der Waals surface area contributed by atoms with Crippen LogP contribution in [0.3, 0.4) is 0 Å². The molecular weight excluding hydrogens is 147 g/mol. The Morgan fingerprint density at radius 2 is 1.00 bits per heavy atom. The third-order valence-corrected chi connectivity index (χ3v) is 0.167.